The normalized spacial score (nSPS) is 11.4. The number of thiophene rings is 1. The van der Waals surface area contributed by atoms with Crippen LogP contribution in [-0.2, 0) is 17.8 Å². The summed E-state index contributed by atoms with van der Waals surface area (Å²) in [4.78, 5) is 16.1. The zero-order chi connectivity index (χ0) is 21.5. The fourth-order valence-electron chi connectivity index (χ4n) is 3.78. The average Bonchev–Trinajstić information content (AvgIpc) is 3.36. The van der Waals surface area contributed by atoms with E-state index in [9.17, 15) is 4.79 Å². The molecule has 1 aromatic carbocycles. The number of fused-ring (bicyclic) bond motifs is 1. The topological polar surface area (TPSA) is 46.5 Å². The highest BCUT2D eigenvalue weighted by Gasteiger charge is 2.22. The highest BCUT2D eigenvalue weighted by atomic mass is 32.1. The Bertz CT molecular complexity index is 947. The second-order valence-electron chi connectivity index (χ2n) is 7.89. The van der Waals surface area contributed by atoms with Crippen LogP contribution in [0.1, 0.15) is 32.8 Å². The van der Waals surface area contributed by atoms with Gasteiger partial charge in [-0.25, -0.2) is 4.79 Å². The van der Waals surface area contributed by atoms with Gasteiger partial charge >= 0.3 is 6.03 Å². The number of amides is 2. The van der Waals surface area contributed by atoms with E-state index in [1.54, 1.807) is 18.4 Å². The van der Waals surface area contributed by atoms with Gasteiger partial charge in [0, 0.05) is 43.2 Å². The number of urea groups is 1. The van der Waals surface area contributed by atoms with E-state index in [1.807, 2.05) is 4.90 Å². The van der Waals surface area contributed by atoms with Crippen molar-refractivity contribution in [3.05, 3.63) is 47.3 Å². The Morgan fingerprint density at radius 3 is 2.70 bits per heavy atom. The van der Waals surface area contributed by atoms with Crippen molar-refractivity contribution >= 4 is 28.3 Å². The molecule has 0 atom stereocenters. The molecule has 0 fully saturated rings. The van der Waals surface area contributed by atoms with E-state index in [0.717, 1.165) is 13.0 Å². The fourth-order valence-corrected chi connectivity index (χ4v) is 4.59. The van der Waals surface area contributed by atoms with Crippen molar-refractivity contribution in [2.45, 2.75) is 40.3 Å². The maximum atomic E-state index is 13.0. The van der Waals surface area contributed by atoms with Gasteiger partial charge in [0.2, 0.25) is 0 Å². The minimum atomic E-state index is -0.0295. The first kappa shape index (κ1) is 22.4. The summed E-state index contributed by atoms with van der Waals surface area (Å²) in [5, 5.41) is 6.41. The fraction of sp³-hybridized carbons (Fsp3) is 0.458. The van der Waals surface area contributed by atoms with Crippen molar-refractivity contribution in [3.8, 4) is 10.6 Å². The molecule has 3 aromatic rings. The number of benzene rings is 1. The van der Waals surface area contributed by atoms with Gasteiger partial charge in [-0.05, 0) is 36.8 Å². The minimum Gasteiger partial charge on any atom is -0.383 e. The van der Waals surface area contributed by atoms with Crippen LogP contribution in [0.5, 0.6) is 0 Å². The molecule has 2 amide bonds. The molecule has 1 N–H and O–H groups in total. The first-order valence-corrected chi connectivity index (χ1v) is 11.6. The number of hydrogen-bond donors (Lipinski definition) is 1. The van der Waals surface area contributed by atoms with Crippen molar-refractivity contribution < 1.29 is 9.53 Å². The Kier molecular flexibility index (Phi) is 7.94. The van der Waals surface area contributed by atoms with Crippen LogP contribution in [0.3, 0.4) is 0 Å². The second kappa shape index (κ2) is 10.6. The molecule has 0 radical (unpaired) electrons. The first-order valence-electron chi connectivity index (χ1n) is 10.7. The van der Waals surface area contributed by atoms with E-state index >= 15 is 0 Å². The van der Waals surface area contributed by atoms with Gasteiger partial charge in [0.15, 0.2) is 0 Å². The molecule has 0 saturated carbocycles. The maximum absolute atomic E-state index is 13.0. The van der Waals surface area contributed by atoms with Crippen molar-refractivity contribution in [1.82, 2.24) is 14.8 Å². The zero-order valence-corrected chi connectivity index (χ0v) is 19.3. The van der Waals surface area contributed by atoms with E-state index in [-0.39, 0.29) is 6.03 Å². The molecule has 5 nitrogen and oxygen atoms in total. The van der Waals surface area contributed by atoms with Gasteiger partial charge in [-0.15, -0.1) is 11.3 Å². The molecule has 6 heteroatoms. The summed E-state index contributed by atoms with van der Waals surface area (Å²) in [6.07, 6.45) is 0.972. The summed E-state index contributed by atoms with van der Waals surface area (Å²) in [5.74, 6) is 0.561. The van der Waals surface area contributed by atoms with E-state index < -0.39 is 0 Å². The zero-order valence-electron chi connectivity index (χ0n) is 18.5. The molecule has 0 aliphatic carbocycles. The van der Waals surface area contributed by atoms with Gasteiger partial charge < -0.3 is 19.5 Å². The van der Waals surface area contributed by atoms with Crippen molar-refractivity contribution in [1.29, 1.82) is 0 Å². The lowest BCUT2D eigenvalue weighted by Crippen LogP contribution is -2.41. The average molecular weight is 428 g/mol. The van der Waals surface area contributed by atoms with E-state index in [4.69, 9.17) is 4.74 Å². The lowest BCUT2D eigenvalue weighted by molar-refractivity contribution is 0.146. The maximum Gasteiger partial charge on any atom is 0.317 e. The van der Waals surface area contributed by atoms with Gasteiger partial charge in [-0.1, -0.05) is 38.1 Å². The molecule has 0 spiro atoms. The van der Waals surface area contributed by atoms with Crippen LogP contribution in [0.15, 0.2) is 41.8 Å². The lowest BCUT2D eigenvalue weighted by atomic mass is 10.1. The smallest absolute Gasteiger partial charge is 0.317 e. The standard InChI is InChI=1S/C24H33N3O2S/c1-5-27-21-10-7-6-9-19(21)20(23(27)22-11-8-16-30-22)17-26(14-15-29-4)24(28)25-13-12-18(2)3/h6-11,16,18H,5,12-15,17H2,1-4H3,(H,25,28). The largest absolute Gasteiger partial charge is 0.383 e. The molecule has 0 aliphatic rings. The molecule has 0 unspecified atom stereocenters. The summed E-state index contributed by atoms with van der Waals surface area (Å²) in [6, 6.07) is 12.7. The van der Waals surface area contributed by atoms with Gasteiger partial charge in [0.25, 0.3) is 0 Å². The molecular formula is C24H33N3O2S. The highest BCUT2D eigenvalue weighted by Crippen LogP contribution is 2.37. The SMILES string of the molecule is CCn1c(-c2cccs2)c(CN(CCOC)C(=O)NCCC(C)C)c2ccccc21. The van der Waals surface area contributed by atoms with Crippen molar-refractivity contribution in [2.24, 2.45) is 5.92 Å². The minimum absolute atomic E-state index is 0.0295. The van der Waals surface area contributed by atoms with Crippen molar-refractivity contribution in [3.63, 3.8) is 0 Å². The molecule has 162 valence electrons. The molecule has 0 aliphatic heterocycles. The number of nitrogens with zero attached hydrogens (tertiary/aromatic N) is 2. The van der Waals surface area contributed by atoms with Crippen LogP contribution >= 0.6 is 11.3 Å². The summed E-state index contributed by atoms with van der Waals surface area (Å²) in [7, 11) is 1.68. The lowest BCUT2D eigenvalue weighted by Gasteiger charge is -2.24. The number of hydrogen-bond acceptors (Lipinski definition) is 3. The summed E-state index contributed by atoms with van der Waals surface area (Å²) >= 11 is 1.74. The third-order valence-electron chi connectivity index (χ3n) is 5.35. The van der Waals surface area contributed by atoms with Crippen LogP contribution in [0.25, 0.3) is 21.5 Å². The highest BCUT2D eigenvalue weighted by molar-refractivity contribution is 7.13. The summed E-state index contributed by atoms with van der Waals surface area (Å²) < 4.78 is 7.66. The van der Waals surface area contributed by atoms with Crippen LogP contribution in [-0.4, -0.2) is 42.3 Å². The number of carbonyl (C=O) groups excluding carboxylic acids is 1. The molecule has 0 saturated heterocycles. The Morgan fingerprint density at radius 1 is 1.23 bits per heavy atom. The predicted molar refractivity (Wildman–Crippen MR) is 126 cm³/mol. The van der Waals surface area contributed by atoms with Crippen molar-refractivity contribution in [2.75, 3.05) is 26.8 Å². The Hall–Kier alpha value is -2.31. The number of aromatic nitrogens is 1. The number of para-hydroxylation sites is 1. The third-order valence-corrected chi connectivity index (χ3v) is 6.22. The number of ether oxygens (including phenoxy) is 1. The summed E-state index contributed by atoms with van der Waals surface area (Å²) in [6.45, 7) is 9.70. The predicted octanol–water partition coefficient (Wildman–Crippen LogP) is 5.59. The number of rotatable bonds is 10. The first-order chi connectivity index (χ1) is 14.6. The van der Waals surface area contributed by atoms with Crippen LogP contribution < -0.4 is 5.32 Å². The number of carbonyl (C=O) groups is 1. The van der Waals surface area contributed by atoms with E-state index in [2.05, 4.69) is 72.4 Å². The van der Waals surface area contributed by atoms with Gasteiger partial charge in [0.05, 0.1) is 23.7 Å². The Morgan fingerprint density at radius 2 is 2.03 bits per heavy atom. The quantitative estimate of drug-likeness (QED) is 0.458. The number of nitrogens with one attached hydrogen (secondary N) is 1. The molecule has 2 heterocycles. The molecule has 3 rings (SSSR count). The molecular weight excluding hydrogens is 394 g/mol. The Labute approximate surface area is 183 Å². The Balaban J connectivity index is 1.98. The summed E-state index contributed by atoms with van der Waals surface area (Å²) in [5.41, 5.74) is 3.63. The van der Waals surface area contributed by atoms with Crippen LogP contribution in [0.2, 0.25) is 0 Å². The van der Waals surface area contributed by atoms with Gasteiger partial charge in [-0.2, -0.15) is 0 Å². The molecule has 2 aromatic heterocycles. The van der Waals surface area contributed by atoms with E-state index in [1.165, 1.54) is 27.0 Å². The van der Waals surface area contributed by atoms with Crippen LogP contribution in [0, 0.1) is 5.92 Å². The number of aryl methyl sites for hydroxylation is 1. The monoisotopic (exact) mass is 427 g/mol. The van der Waals surface area contributed by atoms with Gasteiger partial charge in [0.1, 0.15) is 0 Å². The molecule has 30 heavy (non-hydrogen) atoms. The number of methoxy groups -OCH3 is 1. The van der Waals surface area contributed by atoms with Crippen LogP contribution in [0.4, 0.5) is 4.79 Å². The van der Waals surface area contributed by atoms with Gasteiger partial charge in [-0.3, -0.25) is 0 Å². The third kappa shape index (κ3) is 5.05. The second-order valence-corrected chi connectivity index (χ2v) is 8.84. The molecule has 0 bridgehead atoms. The van der Waals surface area contributed by atoms with E-state index in [0.29, 0.717) is 32.2 Å².